The van der Waals surface area contributed by atoms with Crippen LogP contribution < -0.4 is 10.2 Å². The van der Waals surface area contributed by atoms with Crippen molar-refractivity contribution in [1.29, 1.82) is 0 Å². The minimum absolute atomic E-state index is 0.0809. The zero-order valence-electron chi connectivity index (χ0n) is 11.2. The topological polar surface area (TPSA) is 45.2 Å². The third-order valence-corrected chi connectivity index (χ3v) is 3.40. The fourth-order valence-corrected chi connectivity index (χ4v) is 2.27. The van der Waals surface area contributed by atoms with E-state index in [0.29, 0.717) is 5.56 Å². The molecule has 1 aromatic carbocycles. The number of benzene rings is 1. The van der Waals surface area contributed by atoms with Crippen LogP contribution >= 0.6 is 11.3 Å². The fourth-order valence-electron chi connectivity index (χ4n) is 1.56. The van der Waals surface area contributed by atoms with Crippen LogP contribution in [0.4, 0.5) is 24.0 Å². The number of hydrogen-bond donors (Lipinski definition) is 1. The highest BCUT2D eigenvalue weighted by molar-refractivity contribution is 7.14. The van der Waals surface area contributed by atoms with E-state index in [1.807, 2.05) is 25.1 Å². The SMILES string of the molecule is CN(C)c1cccc(C(=O)Nc2nc(C(F)(F)F)cs2)c1. The zero-order valence-corrected chi connectivity index (χ0v) is 12.0. The molecule has 0 radical (unpaired) electrons. The number of anilines is 2. The zero-order chi connectivity index (χ0) is 15.6. The van der Waals surface area contributed by atoms with Gasteiger partial charge in [0.2, 0.25) is 0 Å². The Labute approximate surface area is 123 Å². The van der Waals surface area contributed by atoms with Crippen molar-refractivity contribution in [3.8, 4) is 0 Å². The average molecular weight is 315 g/mol. The summed E-state index contributed by atoms with van der Waals surface area (Å²) in [5.41, 5.74) is 0.160. The summed E-state index contributed by atoms with van der Waals surface area (Å²) in [6, 6.07) is 6.75. The molecule has 2 aromatic rings. The van der Waals surface area contributed by atoms with Crippen molar-refractivity contribution < 1.29 is 18.0 Å². The summed E-state index contributed by atoms with van der Waals surface area (Å²) < 4.78 is 37.3. The van der Waals surface area contributed by atoms with E-state index in [9.17, 15) is 18.0 Å². The highest BCUT2D eigenvalue weighted by atomic mass is 32.1. The first kappa shape index (κ1) is 15.3. The van der Waals surface area contributed by atoms with Crippen molar-refractivity contribution in [2.75, 3.05) is 24.3 Å². The van der Waals surface area contributed by atoms with E-state index in [0.717, 1.165) is 22.4 Å². The van der Waals surface area contributed by atoms with Gasteiger partial charge in [0.1, 0.15) is 0 Å². The molecule has 4 nitrogen and oxygen atoms in total. The highest BCUT2D eigenvalue weighted by Gasteiger charge is 2.33. The monoisotopic (exact) mass is 315 g/mol. The Morgan fingerprint density at radius 2 is 2.05 bits per heavy atom. The maximum Gasteiger partial charge on any atom is 0.434 e. The Balaban J connectivity index is 2.15. The number of nitrogens with one attached hydrogen (secondary N) is 1. The van der Waals surface area contributed by atoms with E-state index in [-0.39, 0.29) is 5.13 Å². The van der Waals surface area contributed by atoms with Crippen LogP contribution in [0.15, 0.2) is 29.6 Å². The minimum Gasteiger partial charge on any atom is -0.378 e. The molecule has 0 spiro atoms. The molecule has 0 aliphatic heterocycles. The maximum absolute atomic E-state index is 12.4. The Bertz CT molecular complexity index is 652. The van der Waals surface area contributed by atoms with Crippen LogP contribution in [0.5, 0.6) is 0 Å². The van der Waals surface area contributed by atoms with Crippen LogP contribution in [0, 0.1) is 0 Å². The number of nitrogens with zero attached hydrogens (tertiary/aromatic N) is 2. The number of alkyl halides is 3. The predicted molar refractivity (Wildman–Crippen MR) is 75.8 cm³/mol. The van der Waals surface area contributed by atoms with E-state index in [1.54, 1.807) is 18.2 Å². The van der Waals surface area contributed by atoms with Crippen LogP contribution in [0.2, 0.25) is 0 Å². The predicted octanol–water partition coefficient (Wildman–Crippen LogP) is 3.48. The van der Waals surface area contributed by atoms with E-state index in [4.69, 9.17) is 0 Å². The lowest BCUT2D eigenvalue weighted by Crippen LogP contribution is -2.14. The van der Waals surface area contributed by atoms with Gasteiger partial charge in [0.25, 0.3) is 5.91 Å². The molecule has 0 fully saturated rings. The number of rotatable bonds is 3. The summed E-state index contributed by atoms with van der Waals surface area (Å²) >= 11 is 0.736. The normalized spacial score (nSPS) is 11.3. The molecule has 112 valence electrons. The molecule has 2 rings (SSSR count). The number of hydrogen-bond acceptors (Lipinski definition) is 4. The second-order valence-electron chi connectivity index (χ2n) is 4.43. The molecular weight excluding hydrogens is 303 g/mol. The van der Waals surface area contributed by atoms with E-state index >= 15 is 0 Å². The molecule has 1 N–H and O–H groups in total. The number of carbonyl (C=O) groups excluding carboxylic acids is 1. The second-order valence-corrected chi connectivity index (χ2v) is 5.29. The van der Waals surface area contributed by atoms with Crippen molar-refractivity contribution in [1.82, 2.24) is 4.98 Å². The molecule has 1 heterocycles. The molecule has 0 bridgehead atoms. The summed E-state index contributed by atoms with van der Waals surface area (Å²) in [4.78, 5) is 17.2. The fraction of sp³-hybridized carbons (Fsp3) is 0.231. The molecule has 0 saturated carbocycles. The van der Waals surface area contributed by atoms with Crippen LogP contribution in [0.3, 0.4) is 0 Å². The van der Waals surface area contributed by atoms with Gasteiger partial charge in [0, 0.05) is 30.7 Å². The first-order valence-corrected chi connectivity index (χ1v) is 6.77. The molecule has 0 aliphatic carbocycles. The van der Waals surface area contributed by atoms with Crippen molar-refractivity contribution >= 4 is 28.1 Å². The van der Waals surface area contributed by atoms with Crippen LogP contribution in [-0.2, 0) is 6.18 Å². The van der Waals surface area contributed by atoms with Gasteiger partial charge in [-0.1, -0.05) is 6.07 Å². The summed E-state index contributed by atoms with van der Waals surface area (Å²) in [7, 11) is 3.65. The average Bonchev–Trinajstić information content (AvgIpc) is 2.87. The number of thiazole rings is 1. The molecule has 21 heavy (non-hydrogen) atoms. The first-order valence-electron chi connectivity index (χ1n) is 5.89. The van der Waals surface area contributed by atoms with Gasteiger partial charge in [-0.2, -0.15) is 13.2 Å². The van der Waals surface area contributed by atoms with Crippen molar-refractivity contribution in [2.45, 2.75) is 6.18 Å². The molecule has 1 amide bonds. The van der Waals surface area contributed by atoms with Gasteiger partial charge in [-0.25, -0.2) is 4.98 Å². The summed E-state index contributed by atoms with van der Waals surface area (Å²) in [5, 5.41) is 3.15. The van der Waals surface area contributed by atoms with E-state index < -0.39 is 17.8 Å². The van der Waals surface area contributed by atoms with Gasteiger partial charge < -0.3 is 4.90 Å². The largest absolute Gasteiger partial charge is 0.434 e. The van der Waals surface area contributed by atoms with Crippen LogP contribution in [-0.4, -0.2) is 25.0 Å². The molecule has 1 aromatic heterocycles. The minimum atomic E-state index is -4.51. The molecule has 0 saturated heterocycles. The number of halogens is 3. The molecule has 0 unspecified atom stereocenters. The van der Waals surface area contributed by atoms with Gasteiger partial charge in [-0.3, -0.25) is 10.1 Å². The lowest BCUT2D eigenvalue weighted by Gasteiger charge is -2.13. The van der Waals surface area contributed by atoms with Gasteiger partial charge in [0.15, 0.2) is 10.8 Å². The number of carbonyl (C=O) groups is 1. The molecular formula is C13H12F3N3OS. The number of amides is 1. The highest BCUT2D eigenvalue weighted by Crippen LogP contribution is 2.31. The van der Waals surface area contributed by atoms with Crippen molar-refractivity contribution in [3.63, 3.8) is 0 Å². The Morgan fingerprint density at radius 1 is 1.33 bits per heavy atom. The van der Waals surface area contributed by atoms with Gasteiger partial charge >= 0.3 is 6.18 Å². The third-order valence-electron chi connectivity index (χ3n) is 2.64. The van der Waals surface area contributed by atoms with Crippen LogP contribution in [0.1, 0.15) is 16.1 Å². The second kappa shape index (κ2) is 5.72. The van der Waals surface area contributed by atoms with Crippen LogP contribution in [0.25, 0.3) is 0 Å². The quantitative estimate of drug-likeness (QED) is 0.943. The summed E-state index contributed by atoms with van der Waals surface area (Å²) in [5.74, 6) is -0.498. The van der Waals surface area contributed by atoms with Gasteiger partial charge in [-0.05, 0) is 18.2 Å². The Hall–Kier alpha value is -2.09. The maximum atomic E-state index is 12.4. The first-order chi connectivity index (χ1) is 9.77. The van der Waals surface area contributed by atoms with Gasteiger partial charge in [0.05, 0.1) is 0 Å². The number of aromatic nitrogens is 1. The van der Waals surface area contributed by atoms with Crippen molar-refractivity contribution in [3.05, 3.63) is 40.9 Å². The Morgan fingerprint density at radius 3 is 2.62 bits per heavy atom. The molecule has 8 heteroatoms. The molecule has 0 aliphatic rings. The summed E-state index contributed by atoms with van der Waals surface area (Å²) in [6.07, 6.45) is -4.51. The lowest BCUT2D eigenvalue weighted by atomic mass is 10.2. The standard InChI is InChI=1S/C13H12F3N3OS/c1-19(2)9-5-3-4-8(6-9)11(20)18-12-17-10(7-21-12)13(14,15)16/h3-7H,1-2H3,(H,17,18,20). The smallest absolute Gasteiger partial charge is 0.378 e. The van der Waals surface area contributed by atoms with Crippen molar-refractivity contribution in [2.24, 2.45) is 0 Å². The van der Waals surface area contributed by atoms with E-state index in [2.05, 4.69) is 10.3 Å². The van der Waals surface area contributed by atoms with Gasteiger partial charge in [-0.15, -0.1) is 11.3 Å². The molecule has 0 atom stereocenters. The third kappa shape index (κ3) is 3.72. The Kier molecular flexibility index (Phi) is 4.17. The summed E-state index contributed by atoms with van der Waals surface area (Å²) in [6.45, 7) is 0. The lowest BCUT2D eigenvalue weighted by molar-refractivity contribution is -0.140. The van der Waals surface area contributed by atoms with E-state index in [1.165, 1.54) is 0 Å².